The summed E-state index contributed by atoms with van der Waals surface area (Å²) in [5.74, 6) is -0.191. The van der Waals surface area contributed by atoms with Crippen LogP contribution in [0.1, 0.15) is 44.0 Å². The summed E-state index contributed by atoms with van der Waals surface area (Å²) >= 11 is 0. The molecule has 0 spiro atoms. The maximum absolute atomic E-state index is 12.4. The van der Waals surface area contributed by atoms with Crippen LogP contribution in [0.4, 0.5) is 17.1 Å². The molecule has 1 heterocycles. The monoisotopic (exact) mass is 415 g/mol. The first-order chi connectivity index (χ1) is 13.6. The molecule has 8 heteroatoms. The Hall–Kier alpha value is -2.87. The van der Waals surface area contributed by atoms with E-state index in [1.165, 1.54) is 0 Å². The van der Waals surface area contributed by atoms with Crippen molar-refractivity contribution in [1.29, 1.82) is 0 Å². The third kappa shape index (κ3) is 4.76. The molecular formula is C21H25N3O4S. The summed E-state index contributed by atoms with van der Waals surface area (Å²) in [6.07, 6.45) is 1.43. The largest absolute Gasteiger partial charge is 0.322 e. The van der Waals surface area contributed by atoms with Gasteiger partial charge in [-0.2, -0.15) is 0 Å². The van der Waals surface area contributed by atoms with Crippen LogP contribution < -0.4 is 14.9 Å². The fourth-order valence-electron chi connectivity index (χ4n) is 2.85. The Morgan fingerprint density at radius 2 is 1.55 bits per heavy atom. The molecule has 2 N–H and O–H groups in total. The molecule has 0 aromatic heterocycles. The van der Waals surface area contributed by atoms with Gasteiger partial charge in [0.2, 0.25) is 15.9 Å². The topological polar surface area (TPSA) is 95.6 Å². The molecule has 1 aliphatic heterocycles. The normalized spacial score (nSPS) is 14.7. The van der Waals surface area contributed by atoms with Crippen LogP contribution in [0.3, 0.4) is 0 Å². The third-order valence-corrected chi connectivity index (χ3v) is 6.83. The molecule has 0 unspecified atom stereocenters. The summed E-state index contributed by atoms with van der Waals surface area (Å²) < 4.78 is 26.0. The summed E-state index contributed by atoms with van der Waals surface area (Å²) in [6, 6.07) is 13.4. The number of sulfonamides is 1. The van der Waals surface area contributed by atoms with Crippen molar-refractivity contribution in [3.05, 3.63) is 54.1 Å². The number of nitrogens with zero attached hydrogens (tertiary/aromatic N) is 1. The lowest BCUT2D eigenvalue weighted by Crippen LogP contribution is -2.33. The average Bonchev–Trinajstić information content (AvgIpc) is 3.07. The van der Waals surface area contributed by atoms with Gasteiger partial charge in [0, 0.05) is 35.6 Å². The molecule has 154 valence electrons. The van der Waals surface area contributed by atoms with Crippen LogP contribution in [0.25, 0.3) is 0 Å². The van der Waals surface area contributed by atoms with Crippen LogP contribution in [-0.4, -0.2) is 31.5 Å². The first kappa shape index (κ1) is 20.9. The molecule has 2 aromatic carbocycles. The van der Waals surface area contributed by atoms with Crippen molar-refractivity contribution in [2.75, 3.05) is 21.5 Å². The van der Waals surface area contributed by atoms with Gasteiger partial charge in [-0.05, 0) is 75.7 Å². The second-order valence-corrected chi connectivity index (χ2v) is 10.4. The highest BCUT2D eigenvalue weighted by molar-refractivity contribution is 7.94. The van der Waals surface area contributed by atoms with E-state index in [0.717, 1.165) is 18.7 Å². The van der Waals surface area contributed by atoms with E-state index in [4.69, 9.17) is 0 Å². The molecule has 7 nitrogen and oxygen atoms in total. The van der Waals surface area contributed by atoms with Gasteiger partial charge in [0.1, 0.15) is 0 Å². The Morgan fingerprint density at radius 3 is 2.07 bits per heavy atom. The number of carbonyl (C=O) groups excluding carboxylic acids is 2. The maximum Gasteiger partial charge on any atom is 0.255 e. The molecule has 0 atom stereocenters. The zero-order valence-electron chi connectivity index (χ0n) is 16.7. The summed E-state index contributed by atoms with van der Waals surface area (Å²) in [5, 5.41) is 2.80. The summed E-state index contributed by atoms with van der Waals surface area (Å²) in [7, 11) is -3.53. The lowest BCUT2D eigenvalue weighted by molar-refractivity contribution is -0.117. The van der Waals surface area contributed by atoms with Crippen molar-refractivity contribution in [3.63, 3.8) is 0 Å². The number of benzene rings is 2. The molecular weight excluding hydrogens is 390 g/mol. The highest BCUT2D eigenvalue weighted by atomic mass is 32.2. The fraction of sp³-hybridized carbons (Fsp3) is 0.333. The van der Waals surface area contributed by atoms with Gasteiger partial charge in [-0.3, -0.25) is 14.3 Å². The van der Waals surface area contributed by atoms with Crippen molar-refractivity contribution >= 4 is 38.9 Å². The molecule has 2 amide bonds. The minimum atomic E-state index is -3.53. The predicted octanol–water partition coefficient (Wildman–Crippen LogP) is 3.61. The number of amides is 2. The van der Waals surface area contributed by atoms with Crippen molar-refractivity contribution in [1.82, 2.24) is 0 Å². The van der Waals surface area contributed by atoms with E-state index in [1.807, 2.05) is 12.1 Å². The minimum absolute atomic E-state index is 0.115. The lowest BCUT2D eigenvalue weighted by Gasteiger charge is -2.20. The average molecular weight is 416 g/mol. The van der Waals surface area contributed by atoms with Crippen LogP contribution in [0.15, 0.2) is 48.5 Å². The number of hydrogen-bond donors (Lipinski definition) is 2. The summed E-state index contributed by atoms with van der Waals surface area (Å²) in [4.78, 5) is 26.0. The predicted molar refractivity (Wildman–Crippen MR) is 115 cm³/mol. The molecule has 0 saturated carbocycles. The molecule has 0 radical (unpaired) electrons. The van der Waals surface area contributed by atoms with Crippen molar-refractivity contribution in [3.8, 4) is 0 Å². The van der Waals surface area contributed by atoms with Crippen LogP contribution in [-0.2, 0) is 14.8 Å². The SMILES string of the molecule is CC(C)(C)S(=O)(=O)Nc1ccc(C(=O)Nc2ccc(N3CCCC3=O)cc2)cc1. The molecule has 1 saturated heterocycles. The van der Waals surface area contributed by atoms with Gasteiger partial charge in [-0.25, -0.2) is 8.42 Å². The molecule has 2 aromatic rings. The van der Waals surface area contributed by atoms with Crippen LogP contribution in [0, 0.1) is 0 Å². The fourth-order valence-corrected chi connectivity index (χ4v) is 3.60. The van der Waals surface area contributed by atoms with Crippen LogP contribution in [0.2, 0.25) is 0 Å². The van der Waals surface area contributed by atoms with E-state index in [9.17, 15) is 18.0 Å². The van der Waals surface area contributed by atoms with Gasteiger partial charge in [-0.15, -0.1) is 0 Å². The van der Waals surface area contributed by atoms with E-state index < -0.39 is 14.8 Å². The first-order valence-corrected chi connectivity index (χ1v) is 10.9. The molecule has 0 bridgehead atoms. The molecule has 1 aliphatic rings. The van der Waals surface area contributed by atoms with Gasteiger partial charge in [0.05, 0.1) is 4.75 Å². The van der Waals surface area contributed by atoms with E-state index in [0.29, 0.717) is 23.4 Å². The van der Waals surface area contributed by atoms with Crippen molar-refractivity contribution < 1.29 is 18.0 Å². The smallest absolute Gasteiger partial charge is 0.255 e. The van der Waals surface area contributed by atoms with E-state index in [1.54, 1.807) is 62.1 Å². The lowest BCUT2D eigenvalue weighted by atomic mass is 10.2. The second kappa shape index (κ2) is 7.87. The van der Waals surface area contributed by atoms with Gasteiger partial charge < -0.3 is 10.2 Å². The maximum atomic E-state index is 12.4. The van der Waals surface area contributed by atoms with Gasteiger partial charge in [0.25, 0.3) is 5.91 Å². The zero-order valence-corrected chi connectivity index (χ0v) is 17.5. The molecule has 0 aliphatic carbocycles. The second-order valence-electron chi connectivity index (χ2n) is 7.95. The highest BCUT2D eigenvalue weighted by Gasteiger charge is 2.28. The number of rotatable bonds is 5. The number of hydrogen-bond acceptors (Lipinski definition) is 4. The van der Waals surface area contributed by atoms with Gasteiger partial charge in [-0.1, -0.05) is 0 Å². The summed E-state index contributed by atoms with van der Waals surface area (Å²) in [6.45, 7) is 5.56. The third-order valence-electron chi connectivity index (χ3n) is 4.72. The Bertz CT molecular complexity index is 1010. The number of carbonyl (C=O) groups is 2. The zero-order chi connectivity index (χ0) is 21.2. The minimum Gasteiger partial charge on any atom is -0.322 e. The Morgan fingerprint density at radius 1 is 0.966 bits per heavy atom. The van der Waals surface area contributed by atoms with Crippen LogP contribution in [0.5, 0.6) is 0 Å². The quantitative estimate of drug-likeness (QED) is 0.780. The number of anilines is 3. The summed E-state index contributed by atoms with van der Waals surface area (Å²) in [5.41, 5.74) is 2.24. The molecule has 3 rings (SSSR count). The van der Waals surface area contributed by atoms with Gasteiger partial charge >= 0.3 is 0 Å². The van der Waals surface area contributed by atoms with Crippen LogP contribution >= 0.6 is 0 Å². The molecule has 29 heavy (non-hydrogen) atoms. The van der Waals surface area contributed by atoms with E-state index >= 15 is 0 Å². The van der Waals surface area contributed by atoms with E-state index in [-0.39, 0.29) is 11.8 Å². The van der Waals surface area contributed by atoms with E-state index in [2.05, 4.69) is 10.0 Å². The number of nitrogens with one attached hydrogen (secondary N) is 2. The Labute approximate surface area is 171 Å². The highest BCUT2D eigenvalue weighted by Crippen LogP contribution is 2.24. The standard InChI is InChI=1S/C21H25N3O4S/c1-21(2,3)29(27,28)23-17-8-6-15(7-9-17)20(26)22-16-10-12-18(13-11-16)24-14-4-5-19(24)25/h6-13,23H,4-5,14H2,1-3H3,(H,22,26). The molecule has 1 fully saturated rings. The Balaban J connectivity index is 1.64. The van der Waals surface area contributed by atoms with Crippen molar-refractivity contribution in [2.45, 2.75) is 38.4 Å². The van der Waals surface area contributed by atoms with Gasteiger partial charge in [0.15, 0.2) is 0 Å². The van der Waals surface area contributed by atoms with Crippen molar-refractivity contribution in [2.24, 2.45) is 0 Å². The first-order valence-electron chi connectivity index (χ1n) is 9.41. The Kier molecular flexibility index (Phi) is 5.66.